The fourth-order valence-corrected chi connectivity index (χ4v) is 3.86. The lowest BCUT2D eigenvalue weighted by Crippen LogP contribution is -2.33. The van der Waals surface area contributed by atoms with Crippen molar-refractivity contribution in [1.82, 2.24) is 4.31 Å². The quantitative estimate of drug-likeness (QED) is 0.728. The van der Waals surface area contributed by atoms with Crippen molar-refractivity contribution in [2.75, 3.05) is 27.8 Å². The standard InChI is InChI=1S/C10H13NO6S2/c1-11(6-8(12)16-2)19(14,15)10-7(4-5-18-10)9(13)17-3/h4-5H,6H2,1-3H3. The zero-order chi connectivity index (χ0) is 14.6. The van der Waals surface area contributed by atoms with Gasteiger partial charge in [0.1, 0.15) is 10.8 Å². The molecule has 1 aromatic rings. The van der Waals surface area contributed by atoms with E-state index in [-0.39, 0.29) is 9.77 Å². The van der Waals surface area contributed by atoms with Gasteiger partial charge in [-0.25, -0.2) is 13.2 Å². The lowest BCUT2D eigenvalue weighted by Gasteiger charge is -2.15. The summed E-state index contributed by atoms with van der Waals surface area (Å²) in [5, 5.41) is 1.46. The monoisotopic (exact) mass is 307 g/mol. The molecule has 0 bridgehead atoms. The normalized spacial score (nSPS) is 11.4. The first-order valence-electron chi connectivity index (χ1n) is 5.03. The van der Waals surface area contributed by atoms with Gasteiger partial charge < -0.3 is 9.47 Å². The molecule has 1 aromatic heterocycles. The van der Waals surface area contributed by atoms with Crippen molar-refractivity contribution < 1.29 is 27.5 Å². The Kier molecular flexibility index (Phi) is 5.04. The van der Waals surface area contributed by atoms with Gasteiger partial charge >= 0.3 is 11.9 Å². The van der Waals surface area contributed by atoms with Crippen LogP contribution in [0.3, 0.4) is 0 Å². The first-order valence-corrected chi connectivity index (χ1v) is 7.35. The highest BCUT2D eigenvalue weighted by molar-refractivity contribution is 7.91. The van der Waals surface area contributed by atoms with E-state index in [1.165, 1.54) is 18.5 Å². The molecule has 0 aliphatic rings. The molecule has 0 aliphatic carbocycles. The summed E-state index contributed by atoms with van der Waals surface area (Å²) in [7, 11) is -0.385. The summed E-state index contributed by atoms with van der Waals surface area (Å²) in [5.74, 6) is -1.44. The molecule has 1 heterocycles. The van der Waals surface area contributed by atoms with Crippen molar-refractivity contribution in [1.29, 1.82) is 0 Å². The summed E-state index contributed by atoms with van der Waals surface area (Å²) in [6.45, 7) is -0.433. The molecule has 0 unspecified atom stereocenters. The van der Waals surface area contributed by atoms with Crippen molar-refractivity contribution in [3.63, 3.8) is 0 Å². The summed E-state index contributed by atoms with van der Waals surface area (Å²) >= 11 is 0.881. The Balaban J connectivity index is 3.10. The second kappa shape index (κ2) is 6.13. The Morgan fingerprint density at radius 2 is 1.95 bits per heavy atom. The summed E-state index contributed by atoms with van der Waals surface area (Å²) < 4.78 is 34.0. The molecule has 7 nitrogen and oxygen atoms in total. The minimum Gasteiger partial charge on any atom is -0.468 e. The third kappa shape index (κ3) is 3.31. The maximum Gasteiger partial charge on any atom is 0.340 e. The first kappa shape index (κ1) is 15.6. The molecule has 0 aliphatic heterocycles. The van der Waals surface area contributed by atoms with Gasteiger partial charge in [-0.2, -0.15) is 4.31 Å². The number of likely N-dealkylation sites (N-methyl/N-ethyl adjacent to an activating group) is 1. The number of sulfonamides is 1. The van der Waals surface area contributed by atoms with Crippen LogP contribution in [0.4, 0.5) is 0 Å². The lowest BCUT2D eigenvalue weighted by atomic mass is 10.3. The SMILES string of the molecule is COC(=O)CN(C)S(=O)(=O)c1sccc1C(=O)OC. The van der Waals surface area contributed by atoms with E-state index in [1.807, 2.05) is 0 Å². The second-order valence-corrected chi connectivity index (χ2v) is 6.61. The van der Waals surface area contributed by atoms with Crippen LogP contribution in [0.5, 0.6) is 0 Å². The number of esters is 2. The zero-order valence-corrected chi connectivity index (χ0v) is 12.2. The van der Waals surface area contributed by atoms with E-state index in [9.17, 15) is 18.0 Å². The average molecular weight is 307 g/mol. The largest absolute Gasteiger partial charge is 0.468 e. The van der Waals surface area contributed by atoms with Crippen molar-refractivity contribution in [3.8, 4) is 0 Å². The summed E-state index contributed by atoms with van der Waals surface area (Å²) in [5.41, 5.74) is -0.0517. The Morgan fingerprint density at radius 3 is 2.47 bits per heavy atom. The molecular weight excluding hydrogens is 294 g/mol. The number of thiophene rings is 1. The molecule has 9 heteroatoms. The second-order valence-electron chi connectivity index (χ2n) is 3.45. The summed E-state index contributed by atoms with van der Waals surface area (Å²) in [6, 6.07) is 1.36. The van der Waals surface area contributed by atoms with Crippen LogP contribution in [0.15, 0.2) is 15.7 Å². The molecule has 0 amide bonds. The van der Waals surface area contributed by atoms with Crippen LogP contribution < -0.4 is 0 Å². The molecule has 19 heavy (non-hydrogen) atoms. The Hall–Kier alpha value is -1.45. The van der Waals surface area contributed by atoms with Gasteiger partial charge in [-0.15, -0.1) is 11.3 Å². The third-order valence-corrected chi connectivity index (χ3v) is 5.52. The van der Waals surface area contributed by atoms with Gasteiger partial charge in [0.25, 0.3) is 10.0 Å². The van der Waals surface area contributed by atoms with Crippen molar-refractivity contribution in [2.24, 2.45) is 0 Å². The minimum atomic E-state index is -3.94. The lowest BCUT2D eigenvalue weighted by molar-refractivity contribution is -0.140. The number of carbonyl (C=O) groups is 2. The Morgan fingerprint density at radius 1 is 1.32 bits per heavy atom. The number of methoxy groups -OCH3 is 2. The fraction of sp³-hybridized carbons (Fsp3) is 0.400. The van der Waals surface area contributed by atoms with E-state index >= 15 is 0 Å². The number of ether oxygens (including phenoxy) is 2. The number of nitrogens with zero attached hydrogens (tertiary/aromatic N) is 1. The Bertz CT molecular complexity index is 577. The molecule has 0 atom stereocenters. The molecule has 0 radical (unpaired) electrons. The van der Waals surface area contributed by atoms with Crippen molar-refractivity contribution >= 4 is 33.3 Å². The maximum absolute atomic E-state index is 12.2. The van der Waals surface area contributed by atoms with Crippen LogP contribution in [0, 0.1) is 0 Å². The topological polar surface area (TPSA) is 90.0 Å². The van der Waals surface area contributed by atoms with Crippen molar-refractivity contribution in [2.45, 2.75) is 4.21 Å². The molecule has 0 saturated heterocycles. The van der Waals surface area contributed by atoms with Crippen molar-refractivity contribution in [3.05, 3.63) is 17.0 Å². The van der Waals surface area contributed by atoms with E-state index in [0.717, 1.165) is 29.9 Å². The van der Waals surface area contributed by atoms with Gasteiger partial charge in [-0.3, -0.25) is 4.79 Å². The van der Waals surface area contributed by atoms with Gasteiger partial charge in [-0.05, 0) is 11.4 Å². The van der Waals surface area contributed by atoms with E-state index in [0.29, 0.717) is 0 Å². The molecule has 106 valence electrons. The van der Waals surface area contributed by atoms with Gasteiger partial charge in [0.15, 0.2) is 0 Å². The predicted molar refractivity (Wildman–Crippen MR) is 67.5 cm³/mol. The predicted octanol–water partition coefficient (Wildman–Crippen LogP) is 0.328. The number of carbonyl (C=O) groups excluding carboxylic acids is 2. The third-order valence-electron chi connectivity index (χ3n) is 2.26. The summed E-state index contributed by atoms with van der Waals surface area (Å²) in [4.78, 5) is 22.5. The smallest absolute Gasteiger partial charge is 0.340 e. The first-order chi connectivity index (χ1) is 8.84. The molecule has 0 fully saturated rings. The molecule has 0 spiro atoms. The van der Waals surface area contributed by atoms with Gasteiger partial charge in [0, 0.05) is 7.05 Å². The summed E-state index contributed by atoms with van der Waals surface area (Å²) in [6.07, 6.45) is 0. The van der Waals surface area contributed by atoms with E-state index < -0.39 is 28.5 Å². The average Bonchev–Trinajstić information content (AvgIpc) is 2.87. The van der Waals surface area contributed by atoms with E-state index in [2.05, 4.69) is 9.47 Å². The van der Waals surface area contributed by atoms with Gasteiger partial charge in [0.2, 0.25) is 0 Å². The maximum atomic E-state index is 12.2. The molecule has 0 aromatic carbocycles. The highest BCUT2D eigenvalue weighted by atomic mass is 32.2. The van der Waals surface area contributed by atoms with Crippen LogP contribution >= 0.6 is 11.3 Å². The molecule has 0 saturated carbocycles. The number of hydrogen-bond donors (Lipinski definition) is 0. The van der Waals surface area contributed by atoms with Crippen LogP contribution in [0.1, 0.15) is 10.4 Å². The van der Waals surface area contributed by atoms with Crippen LogP contribution in [0.2, 0.25) is 0 Å². The highest BCUT2D eigenvalue weighted by Crippen LogP contribution is 2.26. The fourth-order valence-electron chi connectivity index (χ4n) is 1.23. The Labute approximate surface area is 114 Å². The molecule has 0 N–H and O–H groups in total. The van der Waals surface area contributed by atoms with E-state index in [1.54, 1.807) is 0 Å². The van der Waals surface area contributed by atoms with E-state index in [4.69, 9.17) is 0 Å². The number of hydrogen-bond acceptors (Lipinski definition) is 7. The molecular formula is C10H13NO6S2. The van der Waals surface area contributed by atoms with Crippen LogP contribution in [0.25, 0.3) is 0 Å². The van der Waals surface area contributed by atoms with Gasteiger partial charge in [-0.1, -0.05) is 0 Å². The van der Waals surface area contributed by atoms with Crippen LogP contribution in [-0.2, 0) is 24.3 Å². The molecule has 1 rings (SSSR count). The zero-order valence-electron chi connectivity index (χ0n) is 10.6. The highest BCUT2D eigenvalue weighted by Gasteiger charge is 2.29. The number of rotatable bonds is 5. The van der Waals surface area contributed by atoms with Gasteiger partial charge in [0.05, 0.1) is 19.8 Å². The van der Waals surface area contributed by atoms with Crippen LogP contribution in [-0.4, -0.2) is 52.5 Å². The minimum absolute atomic E-state index is 0.0517.